The van der Waals surface area contributed by atoms with Gasteiger partial charge in [-0.1, -0.05) is 92.5 Å². The first-order valence-corrected chi connectivity index (χ1v) is 34.9. The van der Waals surface area contributed by atoms with E-state index in [-0.39, 0.29) is 113 Å². The zero-order chi connectivity index (χ0) is 67.0. The fraction of sp³-hybridized carbons (Fsp3) is 0.698. The summed E-state index contributed by atoms with van der Waals surface area (Å²) in [6, 6.07) is 2.04. The Kier molecular flexibility index (Phi) is 34.6. The van der Waals surface area contributed by atoms with Crippen molar-refractivity contribution in [2.75, 3.05) is 50.8 Å². The standard InChI is InChI=1S/C63H101N13O13S2/c1-5-7-18-45(59(86)68-30-27-40-16-9-8-10-17-40)71-60(87)49-21-14-31-75(49)55(82)26-24-51(78)44(19-11-12-28-64)70-58(85)43-35-52(79)47(36-77)73-57(84)42(33-39(3)4)34-53(80)48(38-91-90-37-43)74-61(88)50-22-15-32-76(50)62(89)46(20-13-29-69-63(66)67)72-56(83)41(6-2)23-25-54(65)81/h8-10,16-17,39,41-50,77H,5-7,11-15,18-38,64H2,1-4H3,(H2,65,81)(H,68,86)(H,70,85)(H,71,87)(H,72,83)(H,73,84)(H,74,88)(H4,66,67,69)/t41-,42+,43-,44-,45+,46-,47-,48-,49-,50-/m0/s1. The van der Waals surface area contributed by atoms with Crippen molar-refractivity contribution >= 4 is 98.1 Å². The third-order valence-electron chi connectivity index (χ3n) is 16.7. The molecule has 28 heteroatoms. The highest BCUT2D eigenvalue weighted by molar-refractivity contribution is 8.76. The van der Waals surface area contributed by atoms with Crippen LogP contribution >= 0.6 is 21.6 Å². The minimum absolute atomic E-state index is 0.0411. The molecule has 0 radical (unpaired) electrons. The van der Waals surface area contributed by atoms with E-state index < -0.39 is 138 Å². The van der Waals surface area contributed by atoms with E-state index in [1.54, 1.807) is 6.92 Å². The molecule has 508 valence electrons. The predicted molar refractivity (Wildman–Crippen MR) is 349 cm³/mol. The molecule has 26 nitrogen and oxygen atoms in total. The molecule has 0 unspecified atom stereocenters. The number of nitrogens with two attached hydrogens (primary N) is 4. The zero-order valence-corrected chi connectivity index (χ0v) is 55.2. The summed E-state index contributed by atoms with van der Waals surface area (Å²) in [4.78, 5) is 173. The summed E-state index contributed by atoms with van der Waals surface area (Å²) in [5.74, 6) is -9.74. The van der Waals surface area contributed by atoms with Crippen LogP contribution in [0.15, 0.2) is 35.3 Å². The van der Waals surface area contributed by atoms with Crippen LogP contribution in [-0.2, 0) is 64.0 Å². The number of aliphatic hydroxyl groups excluding tert-OH is 1. The Hall–Kier alpha value is -6.65. The lowest BCUT2D eigenvalue weighted by atomic mass is 9.89. The van der Waals surface area contributed by atoms with Crippen LogP contribution < -0.4 is 54.8 Å². The summed E-state index contributed by atoms with van der Waals surface area (Å²) in [7, 11) is 2.25. The molecule has 0 saturated carbocycles. The number of ketones is 3. The van der Waals surface area contributed by atoms with Crippen LogP contribution in [0.3, 0.4) is 0 Å². The summed E-state index contributed by atoms with van der Waals surface area (Å²) < 4.78 is 0. The topological polar surface area (TPSA) is 420 Å². The first-order valence-electron chi connectivity index (χ1n) is 32.4. The molecule has 0 bridgehead atoms. The van der Waals surface area contributed by atoms with Crippen LogP contribution in [0.5, 0.6) is 0 Å². The number of carbonyl (C=O) groups is 12. The van der Waals surface area contributed by atoms with Crippen molar-refractivity contribution in [2.24, 2.45) is 51.6 Å². The molecule has 3 saturated heterocycles. The highest BCUT2D eigenvalue weighted by Gasteiger charge is 2.41. The van der Waals surface area contributed by atoms with Gasteiger partial charge in [0.15, 0.2) is 23.3 Å². The third kappa shape index (κ3) is 26.5. The van der Waals surface area contributed by atoms with Crippen LogP contribution in [0.4, 0.5) is 0 Å². The number of aliphatic hydroxyl groups is 1. The van der Waals surface area contributed by atoms with Crippen LogP contribution in [0.25, 0.3) is 0 Å². The smallest absolute Gasteiger partial charge is 0.245 e. The summed E-state index contributed by atoms with van der Waals surface area (Å²) in [6.45, 7) is 7.85. The molecule has 4 rings (SSSR count). The number of hydrogen-bond acceptors (Lipinski definition) is 17. The first kappa shape index (κ1) is 76.8. The summed E-state index contributed by atoms with van der Waals surface area (Å²) >= 11 is 0. The number of guanidine groups is 1. The number of rotatable bonds is 35. The average Bonchev–Trinajstić information content (AvgIpc) is 1.96. The van der Waals surface area contributed by atoms with Crippen molar-refractivity contribution in [3.8, 4) is 0 Å². The molecule has 10 atom stereocenters. The van der Waals surface area contributed by atoms with Gasteiger partial charge in [-0.3, -0.25) is 62.5 Å². The molecule has 3 aliphatic heterocycles. The van der Waals surface area contributed by atoms with E-state index in [1.165, 1.54) is 9.80 Å². The molecule has 1 aromatic rings. The SMILES string of the molecule is CCCC[C@@H](NC(=O)[C@@H]1CCCN1C(=O)CCC(=O)[C@H](CCCCN)NC(=O)[C@@H]1CSSC[C@H](NC(=O)[C@@H]2CCCN2C(=O)[C@H](CCCN=C(N)N)NC(=O)[C@@H](CC)CCC(N)=O)C(=O)C[C@@H](CC(C)C)C(=O)N[C@@H](CO)C(=O)C1)C(=O)NCCc1ccccc1. The Morgan fingerprint density at radius 2 is 1.38 bits per heavy atom. The molecule has 3 fully saturated rings. The maximum Gasteiger partial charge on any atom is 0.245 e. The molecule has 0 aromatic heterocycles. The van der Waals surface area contributed by atoms with E-state index in [0.29, 0.717) is 70.9 Å². The number of nitrogens with one attached hydrogen (secondary N) is 6. The number of likely N-dealkylation sites (tertiary alicyclic amines) is 2. The molecule has 91 heavy (non-hydrogen) atoms. The van der Waals surface area contributed by atoms with Crippen LogP contribution in [-0.4, -0.2) is 185 Å². The fourth-order valence-electron chi connectivity index (χ4n) is 11.5. The molecule has 3 heterocycles. The van der Waals surface area contributed by atoms with Gasteiger partial charge in [0.1, 0.15) is 30.2 Å². The normalized spacial score (nSPS) is 21.3. The van der Waals surface area contributed by atoms with E-state index in [2.05, 4.69) is 36.9 Å². The number of primary amides is 1. The van der Waals surface area contributed by atoms with Gasteiger partial charge < -0.3 is 69.7 Å². The maximum absolute atomic E-state index is 14.5. The Balaban J connectivity index is 1.51. The van der Waals surface area contributed by atoms with Gasteiger partial charge in [0, 0.05) is 81.6 Å². The monoisotopic (exact) mass is 1310 g/mol. The number of hydrogen-bond donors (Lipinski definition) is 11. The lowest BCUT2D eigenvalue weighted by molar-refractivity contribution is -0.142. The lowest BCUT2D eigenvalue weighted by Crippen LogP contribution is -2.56. The van der Waals surface area contributed by atoms with Crippen molar-refractivity contribution in [3.63, 3.8) is 0 Å². The second-order valence-corrected chi connectivity index (χ2v) is 26.9. The summed E-state index contributed by atoms with van der Waals surface area (Å²) in [6.07, 6.45) is 4.75. The summed E-state index contributed by atoms with van der Waals surface area (Å²) in [5, 5.41) is 27.4. The van der Waals surface area contributed by atoms with Crippen LogP contribution in [0.1, 0.15) is 162 Å². The van der Waals surface area contributed by atoms with Crippen molar-refractivity contribution in [1.29, 1.82) is 0 Å². The number of benzene rings is 1. The molecule has 9 amide bonds. The van der Waals surface area contributed by atoms with Crippen molar-refractivity contribution < 1.29 is 62.6 Å². The van der Waals surface area contributed by atoms with Gasteiger partial charge in [0.25, 0.3) is 0 Å². The van der Waals surface area contributed by atoms with Gasteiger partial charge in [-0.15, -0.1) is 0 Å². The van der Waals surface area contributed by atoms with E-state index in [0.717, 1.165) is 33.6 Å². The molecule has 1 aromatic carbocycles. The third-order valence-corrected chi connectivity index (χ3v) is 19.2. The molecular formula is C63H101N13O13S2. The maximum atomic E-state index is 14.5. The quantitative estimate of drug-likeness (QED) is 0.0198. The average molecular weight is 1310 g/mol. The zero-order valence-electron chi connectivity index (χ0n) is 53.6. The van der Waals surface area contributed by atoms with Gasteiger partial charge in [-0.05, 0) is 108 Å². The molecule has 0 spiro atoms. The minimum atomic E-state index is -1.47. The van der Waals surface area contributed by atoms with Gasteiger partial charge in [-0.2, -0.15) is 0 Å². The Morgan fingerprint density at radius 3 is 2.03 bits per heavy atom. The van der Waals surface area contributed by atoms with E-state index in [1.807, 2.05) is 51.1 Å². The Labute approximate surface area is 543 Å². The second kappa shape index (κ2) is 41.0. The number of Topliss-reactive ketones (excluding diaryl/α,β-unsaturated/α-hetero) is 3. The minimum Gasteiger partial charge on any atom is -0.394 e. The molecular weight excluding hydrogens is 1210 g/mol. The molecule has 0 aliphatic carbocycles. The Bertz CT molecular complexity index is 2630. The van der Waals surface area contributed by atoms with Crippen molar-refractivity contribution in [3.05, 3.63) is 35.9 Å². The number of unbranched alkanes of at least 4 members (excludes halogenated alkanes) is 2. The number of carbonyl (C=O) groups excluding carboxylic acids is 12. The van der Waals surface area contributed by atoms with Gasteiger partial charge in [-0.25, -0.2) is 0 Å². The molecule has 15 N–H and O–H groups in total. The van der Waals surface area contributed by atoms with Crippen LogP contribution in [0.2, 0.25) is 0 Å². The number of aliphatic imine (C=N–C) groups is 1. The van der Waals surface area contributed by atoms with Crippen molar-refractivity contribution in [2.45, 2.75) is 205 Å². The van der Waals surface area contributed by atoms with E-state index in [4.69, 9.17) is 22.9 Å². The second-order valence-electron chi connectivity index (χ2n) is 24.3. The highest BCUT2D eigenvalue weighted by atomic mass is 33.1. The van der Waals surface area contributed by atoms with E-state index in [9.17, 15) is 62.6 Å². The van der Waals surface area contributed by atoms with Gasteiger partial charge in [0.2, 0.25) is 53.2 Å². The fourth-order valence-corrected chi connectivity index (χ4v) is 14.0. The Morgan fingerprint density at radius 1 is 0.725 bits per heavy atom. The van der Waals surface area contributed by atoms with Crippen LogP contribution in [0, 0.1) is 23.7 Å². The number of nitrogens with zero attached hydrogens (tertiary/aromatic N) is 3. The lowest BCUT2D eigenvalue weighted by Gasteiger charge is -2.31. The van der Waals surface area contributed by atoms with Gasteiger partial charge in [0.05, 0.1) is 24.6 Å². The van der Waals surface area contributed by atoms with Crippen molar-refractivity contribution in [1.82, 2.24) is 41.7 Å². The number of amides is 9. The largest absolute Gasteiger partial charge is 0.394 e. The summed E-state index contributed by atoms with van der Waals surface area (Å²) in [5.41, 5.74) is 23.3. The first-order chi connectivity index (χ1) is 43.5. The highest BCUT2D eigenvalue weighted by Crippen LogP contribution is 2.30. The van der Waals surface area contributed by atoms with E-state index >= 15 is 0 Å². The van der Waals surface area contributed by atoms with Gasteiger partial charge >= 0.3 is 0 Å². The predicted octanol–water partition coefficient (Wildman–Crippen LogP) is 1.35. The molecule has 3 aliphatic rings.